The van der Waals surface area contributed by atoms with Crippen LogP contribution in [0.15, 0.2) is 0 Å². The summed E-state index contributed by atoms with van der Waals surface area (Å²) in [5, 5.41) is 54.0. The molecule has 0 aliphatic heterocycles. The number of carbonyl (C=O) groups is 6. The van der Waals surface area contributed by atoms with E-state index in [2.05, 4.69) is 21.3 Å². The monoisotopic (exact) mass is 616 g/mol. The number of aliphatic hydroxyl groups is 3. The molecule has 232 valence electrons. The number of hydrogen-bond acceptors (Lipinski definition) is 13. The van der Waals surface area contributed by atoms with Crippen LogP contribution in [0, 0.1) is 0 Å². The summed E-state index contributed by atoms with van der Waals surface area (Å²) in [7, 11) is 1.00. The van der Waals surface area contributed by atoms with E-state index in [1.165, 1.54) is 0 Å². The molecule has 0 saturated carbocycles. The van der Waals surface area contributed by atoms with Crippen molar-refractivity contribution in [1.29, 1.82) is 0 Å². The summed E-state index contributed by atoms with van der Waals surface area (Å²) in [6.07, 6.45) is -3.71. The van der Waals surface area contributed by atoms with Gasteiger partial charge in [-0.3, -0.25) is 28.8 Å². The molecule has 0 fully saturated rings. The fourth-order valence-corrected chi connectivity index (χ4v) is 4.00. The van der Waals surface area contributed by atoms with E-state index < -0.39 is 54.0 Å². The molecular weight excluding hydrogens is 576 g/mol. The smallest absolute Gasteiger partial charge is 0.321 e. The van der Waals surface area contributed by atoms with Crippen molar-refractivity contribution in [3.63, 3.8) is 0 Å². The molecule has 0 aromatic rings. The van der Waals surface area contributed by atoms with Crippen molar-refractivity contribution in [1.82, 2.24) is 21.3 Å². The fourth-order valence-electron chi connectivity index (χ4n) is 2.40. The van der Waals surface area contributed by atoms with Crippen molar-refractivity contribution >= 4 is 59.1 Å². The van der Waals surface area contributed by atoms with Crippen LogP contribution in [0.1, 0.15) is 12.8 Å². The molecule has 40 heavy (non-hydrogen) atoms. The van der Waals surface area contributed by atoms with Crippen LogP contribution in [0.2, 0.25) is 0 Å². The van der Waals surface area contributed by atoms with Gasteiger partial charge < -0.3 is 58.3 Å². The molecule has 0 bridgehead atoms. The zero-order chi connectivity index (χ0) is 31.1. The highest BCUT2D eigenvalue weighted by atomic mass is 32.2. The summed E-state index contributed by atoms with van der Waals surface area (Å²) in [5.41, 5.74) is 10.6. The van der Waals surface area contributed by atoms with Crippen molar-refractivity contribution in [2.45, 2.75) is 37.1 Å². The number of carbonyl (C=O) groups excluding carboxylic acids is 4. The van der Waals surface area contributed by atoms with Gasteiger partial charge in [0.1, 0.15) is 12.1 Å². The lowest BCUT2D eigenvalue weighted by Crippen LogP contribution is -2.45. The third-order valence-electron chi connectivity index (χ3n) is 4.51. The minimum absolute atomic E-state index is 0.0102. The number of amides is 4. The van der Waals surface area contributed by atoms with Gasteiger partial charge >= 0.3 is 11.9 Å². The van der Waals surface area contributed by atoms with Crippen LogP contribution >= 0.6 is 23.5 Å². The molecule has 4 amide bonds. The van der Waals surface area contributed by atoms with E-state index in [0.717, 1.165) is 30.6 Å². The van der Waals surface area contributed by atoms with Crippen molar-refractivity contribution in [2.24, 2.45) is 11.5 Å². The summed E-state index contributed by atoms with van der Waals surface area (Å²) in [6.45, 7) is 0.214. The van der Waals surface area contributed by atoms with Crippen LogP contribution in [-0.2, 0) is 28.8 Å². The molecule has 0 aliphatic carbocycles. The maximum atomic E-state index is 11.9. The second-order valence-corrected chi connectivity index (χ2v) is 9.87. The minimum Gasteiger partial charge on any atom is -0.480 e. The van der Waals surface area contributed by atoms with Gasteiger partial charge in [0.15, 0.2) is 6.10 Å². The molecule has 0 aromatic carbocycles. The molecule has 19 heteroatoms. The zero-order valence-corrected chi connectivity index (χ0v) is 23.7. The minimum atomic E-state index is -1.79. The highest BCUT2D eigenvalue weighted by molar-refractivity contribution is 8.00. The Balaban J connectivity index is 0. The summed E-state index contributed by atoms with van der Waals surface area (Å²) in [4.78, 5) is 68.2. The van der Waals surface area contributed by atoms with E-state index in [-0.39, 0.29) is 67.9 Å². The fraction of sp³-hybridized carbons (Fsp3) is 0.714. The predicted octanol–water partition coefficient (Wildman–Crippen LogP) is -5.15. The Kier molecular flexibility index (Phi) is 23.8. The lowest BCUT2D eigenvalue weighted by Gasteiger charge is -2.17. The van der Waals surface area contributed by atoms with Crippen molar-refractivity contribution < 1.29 is 54.3 Å². The third kappa shape index (κ3) is 21.2. The number of thioether (sulfide) groups is 2. The summed E-state index contributed by atoms with van der Waals surface area (Å²) < 4.78 is 0. The molecule has 0 saturated heterocycles. The SMILES string of the molecule is CO.NC(CSCC(=O)NCCNC(=O)CC[C@@H](O)C(O)C(=O)NCCNC(=O)CSCC(N)C(=O)O)C(=O)O. The summed E-state index contributed by atoms with van der Waals surface area (Å²) in [6, 6.07) is -2.14. The Morgan fingerprint density at radius 2 is 1.05 bits per heavy atom. The Morgan fingerprint density at radius 3 is 1.45 bits per heavy atom. The molecule has 0 heterocycles. The van der Waals surface area contributed by atoms with Gasteiger partial charge in [0.05, 0.1) is 17.6 Å². The highest BCUT2D eigenvalue weighted by Crippen LogP contribution is 2.04. The van der Waals surface area contributed by atoms with Gasteiger partial charge in [-0.15, -0.1) is 23.5 Å². The van der Waals surface area contributed by atoms with Gasteiger partial charge in [0.2, 0.25) is 17.7 Å². The van der Waals surface area contributed by atoms with E-state index in [1.54, 1.807) is 0 Å². The van der Waals surface area contributed by atoms with Crippen molar-refractivity contribution in [2.75, 3.05) is 56.3 Å². The molecule has 13 N–H and O–H groups in total. The number of carboxylic acids is 2. The van der Waals surface area contributed by atoms with E-state index in [9.17, 15) is 39.0 Å². The van der Waals surface area contributed by atoms with E-state index in [4.69, 9.17) is 26.8 Å². The number of aliphatic carboxylic acids is 2. The number of rotatable bonds is 21. The predicted molar refractivity (Wildman–Crippen MR) is 147 cm³/mol. The molecule has 0 rings (SSSR count). The normalized spacial score (nSPS) is 13.3. The summed E-state index contributed by atoms with van der Waals surface area (Å²) in [5.74, 6) is -4.31. The quantitative estimate of drug-likeness (QED) is 0.0537. The van der Waals surface area contributed by atoms with Gasteiger partial charge in [0, 0.05) is 51.2 Å². The lowest BCUT2D eigenvalue weighted by molar-refractivity contribution is -0.138. The molecule has 0 aliphatic rings. The number of aliphatic hydroxyl groups excluding tert-OH is 3. The van der Waals surface area contributed by atoms with E-state index in [0.29, 0.717) is 0 Å². The first-order valence-electron chi connectivity index (χ1n) is 11.9. The Hall–Kier alpha value is -2.68. The number of hydrogen-bond donors (Lipinski definition) is 11. The Morgan fingerprint density at radius 1 is 0.675 bits per heavy atom. The number of nitrogens with one attached hydrogen (secondary N) is 4. The first-order chi connectivity index (χ1) is 18.8. The molecule has 17 nitrogen and oxygen atoms in total. The second kappa shape index (κ2) is 24.1. The first-order valence-corrected chi connectivity index (χ1v) is 14.2. The zero-order valence-electron chi connectivity index (χ0n) is 22.0. The number of carboxylic acid groups (broad SMARTS) is 2. The Bertz CT molecular complexity index is 809. The van der Waals surface area contributed by atoms with Crippen LogP contribution < -0.4 is 32.7 Å². The second-order valence-electron chi connectivity index (χ2n) is 7.81. The average molecular weight is 617 g/mol. The Labute approximate surface area is 239 Å². The molecule has 0 spiro atoms. The van der Waals surface area contributed by atoms with Gasteiger partial charge in [0.25, 0.3) is 5.91 Å². The maximum Gasteiger partial charge on any atom is 0.321 e. The highest BCUT2D eigenvalue weighted by Gasteiger charge is 2.24. The molecule has 3 unspecified atom stereocenters. The maximum absolute atomic E-state index is 11.9. The topological polar surface area (TPSA) is 304 Å². The van der Waals surface area contributed by atoms with Crippen molar-refractivity contribution in [3.05, 3.63) is 0 Å². The van der Waals surface area contributed by atoms with Crippen LogP contribution in [0.25, 0.3) is 0 Å². The third-order valence-corrected chi connectivity index (χ3v) is 6.63. The van der Waals surface area contributed by atoms with E-state index >= 15 is 0 Å². The molecular formula is C21H40N6O11S2. The number of nitrogens with two attached hydrogens (primary N) is 2. The van der Waals surface area contributed by atoms with E-state index in [1.807, 2.05) is 0 Å². The van der Waals surface area contributed by atoms with Crippen LogP contribution in [0.4, 0.5) is 0 Å². The molecule has 0 radical (unpaired) electrons. The molecule has 4 atom stereocenters. The standard InChI is InChI=1S/C20H36N6O10S2.CH4O/c21-11(19(33)34)7-37-9-15(29)24-4-3-23-14(28)2-1-13(27)17(31)18(32)26-6-5-25-16(30)10-38-8-12(22)20(35)36;1-2/h11-13,17,27,31H,1-10,21-22H2,(H,23,28)(H,24,29)(H,25,30)(H,26,32)(H,33,34)(H,35,36);2H,1H3/t11?,12?,13-,17?;/m1./s1. The van der Waals surface area contributed by atoms with Crippen molar-refractivity contribution in [3.8, 4) is 0 Å². The largest absolute Gasteiger partial charge is 0.480 e. The lowest BCUT2D eigenvalue weighted by atomic mass is 10.1. The van der Waals surface area contributed by atoms with Gasteiger partial charge in [-0.2, -0.15) is 0 Å². The van der Waals surface area contributed by atoms with Crippen LogP contribution in [0.3, 0.4) is 0 Å². The first kappa shape index (κ1) is 39.5. The average Bonchev–Trinajstić information content (AvgIpc) is 2.92. The van der Waals surface area contributed by atoms with Crippen LogP contribution in [-0.4, -0.2) is 142 Å². The summed E-state index contributed by atoms with van der Waals surface area (Å²) >= 11 is 2.10. The molecule has 0 aromatic heterocycles. The van der Waals surface area contributed by atoms with Crippen LogP contribution in [0.5, 0.6) is 0 Å². The van der Waals surface area contributed by atoms with Gasteiger partial charge in [-0.1, -0.05) is 0 Å². The van der Waals surface area contributed by atoms with Gasteiger partial charge in [-0.25, -0.2) is 0 Å². The van der Waals surface area contributed by atoms with Gasteiger partial charge in [-0.05, 0) is 6.42 Å².